The highest BCUT2D eigenvalue weighted by Gasteiger charge is 2.16. The molecule has 2 rings (SSSR count). The molecule has 1 aromatic carbocycles. The highest BCUT2D eigenvalue weighted by molar-refractivity contribution is 6.34. The molecule has 0 unspecified atom stereocenters. The van der Waals surface area contributed by atoms with Crippen LogP contribution in [0.4, 0.5) is 0 Å². The molecule has 18 heavy (non-hydrogen) atoms. The van der Waals surface area contributed by atoms with E-state index in [1.807, 2.05) is 4.90 Å². The summed E-state index contributed by atoms with van der Waals surface area (Å²) in [6.45, 7) is 3.27. The second-order valence-corrected chi connectivity index (χ2v) is 4.96. The number of halogens is 3. The Morgan fingerprint density at radius 3 is 2.28 bits per heavy atom. The molecule has 100 valence electrons. The van der Waals surface area contributed by atoms with Gasteiger partial charge < -0.3 is 10.2 Å². The molecule has 1 amide bonds. The standard InChI is InChI=1S/C12H14Cl2N2O.ClH/c13-10-5-9(6-11(14)8-10)7-12(17)16-3-1-15-2-4-16;/h5-6,8,15H,1-4,7H2;1H. The molecule has 0 spiro atoms. The summed E-state index contributed by atoms with van der Waals surface area (Å²) in [6, 6.07) is 5.24. The van der Waals surface area contributed by atoms with Gasteiger partial charge in [-0.2, -0.15) is 0 Å². The molecule has 0 aromatic heterocycles. The van der Waals surface area contributed by atoms with Gasteiger partial charge in [0.05, 0.1) is 6.42 Å². The lowest BCUT2D eigenvalue weighted by atomic mass is 10.1. The van der Waals surface area contributed by atoms with Gasteiger partial charge in [0.2, 0.25) is 5.91 Å². The summed E-state index contributed by atoms with van der Waals surface area (Å²) in [6.07, 6.45) is 0.361. The van der Waals surface area contributed by atoms with E-state index in [1.165, 1.54) is 0 Å². The molecular weight excluding hydrogens is 295 g/mol. The molecule has 6 heteroatoms. The smallest absolute Gasteiger partial charge is 0.227 e. The molecule has 1 fully saturated rings. The van der Waals surface area contributed by atoms with Crippen molar-refractivity contribution in [3.63, 3.8) is 0 Å². The van der Waals surface area contributed by atoms with E-state index < -0.39 is 0 Å². The Morgan fingerprint density at radius 1 is 1.17 bits per heavy atom. The minimum Gasteiger partial charge on any atom is -0.340 e. The fourth-order valence-corrected chi connectivity index (χ4v) is 2.48. The topological polar surface area (TPSA) is 32.3 Å². The van der Waals surface area contributed by atoms with Crippen molar-refractivity contribution in [3.05, 3.63) is 33.8 Å². The number of nitrogens with one attached hydrogen (secondary N) is 1. The number of hydrogen-bond acceptors (Lipinski definition) is 2. The second-order valence-electron chi connectivity index (χ2n) is 4.09. The van der Waals surface area contributed by atoms with Gasteiger partial charge in [0.25, 0.3) is 0 Å². The van der Waals surface area contributed by atoms with Gasteiger partial charge in [-0.1, -0.05) is 23.2 Å². The Kier molecular flexibility index (Phi) is 6.22. The van der Waals surface area contributed by atoms with E-state index in [4.69, 9.17) is 23.2 Å². The van der Waals surface area contributed by atoms with Crippen LogP contribution in [0.5, 0.6) is 0 Å². The molecule has 0 radical (unpaired) electrons. The maximum Gasteiger partial charge on any atom is 0.227 e. The van der Waals surface area contributed by atoms with Crippen molar-refractivity contribution in [2.24, 2.45) is 0 Å². The average Bonchev–Trinajstić information content (AvgIpc) is 2.28. The molecule has 0 aliphatic carbocycles. The van der Waals surface area contributed by atoms with E-state index in [2.05, 4.69) is 5.32 Å². The molecule has 0 atom stereocenters. The average molecular weight is 310 g/mol. The van der Waals surface area contributed by atoms with Crippen LogP contribution in [0.15, 0.2) is 18.2 Å². The van der Waals surface area contributed by atoms with E-state index in [0.29, 0.717) is 16.5 Å². The van der Waals surface area contributed by atoms with E-state index in [9.17, 15) is 4.79 Å². The van der Waals surface area contributed by atoms with Crippen molar-refractivity contribution in [2.75, 3.05) is 26.2 Å². The van der Waals surface area contributed by atoms with E-state index in [1.54, 1.807) is 18.2 Å². The first-order valence-electron chi connectivity index (χ1n) is 5.58. The van der Waals surface area contributed by atoms with Gasteiger partial charge in [0.1, 0.15) is 0 Å². The van der Waals surface area contributed by atoms with Crippen molar-refractivity contribution in [2.45, 2.75) is 6.42 Å². The predicted octanol–water partition coefficient (Wildman–Crippen LogP) is 2.39. The molecule has 0 saturated carbocycles. The van der Waals surface area contributed by atoms with E-state index in [-0.39, 0.29) is 18.3 Å². The number of hydrogen-bond donors (Lipinski definition) is 1. The summed E-state index contributed by atoms with van der Waals surface area (Å²) < 4.78 is 0. The minimum absolute atomic E-state index is 0. The number of carbonyl (C=O) groups is 1. The highest BCUT2D eigenvalue weighted by atomic mass is 35.5. The number of amides is 1. The van der Waals surface area contributed by atoms with Crippen molar-refractivity contribution in [1.29, 1.82) is 0 Å². The molecule has 1 heterocycles. The van der Waals surface area contributed by atoms with Gasteiger partial charge in [-0.05, 0) is 23.8 Å². The fraction of sp³-hybridized carbons (Fsp3) is 0.417. The minimum atomic E-state index is 0. The third-order valence-electron chi connectivity index (χ3n) is 2.75. The fourth-order valence-electron chi connectivity index (χ4n) is 1.91. The summed E-state index contributed by atoms with van der Waals surface area (Å²) >= 11 is 11.8. The highest BCUT2D eigenvalue weighted by Crippen LogP contribution is 2.19. The molecule has 1 aliphatic rings. The molecule has 1 aromatic rings. The maximum atomic E-state index is 12.0. The molecule has 0 bridgehead atoms. The molecular formula is C12H15Cl3N2O. The molecule has 1 saturated heterocycles. The van der Waals surface area contributed by atoms with Gasteiger partial charge in [-0.25, -0.2) is 0 Å². The quantitative estimate of drug-likeness (QED) is 0.910. The van der Waals surface area contributed by atoms with Crippen molar-refractivity contribution in [1.82, 2.24) is 10.2 Å². The van der Waals surface area contributed by atoms with E-state index >= 15 is 0 Å². The lowest BCUT2D eigenvalue weighted by molar-refractivity contribution is -0.131. The van der Waals surface area contributed by atoms with Crippen molar-refractivity contribution in [3.8, 4) is 0 Å². The predicted molar refractivity (Wildman–Crippen MR) is 76.9 cm³/mol. The zero-order valence-corrected chi connectivity index (χ0v) is 12.1. The zero-order chi connectivity index (χ0) is 12.3. The van der Waals surface area contributed by atoms with Crippen LogP contribution in [-0.2, 0) is 11.2 Å². The van der Waals surface area contributed by atoms with Gasteiger partial charge in [-0.3, -0.25) is 4.79 Å². The van der Waals surface area contributed by atoms with E-state index in [0.717, 1.165) is 31.7 Å². The summed E-state index contributed by atoms with van der Waals surface area (Å²) in [7, 11) is 0. The summed E-state index contributed by atoms with van der Waals surface area (Å²) in [4.78, 5) is 13.9. The van der Waals surface area contributed by atoms with Crippen LogP contribution in [0.2, 0.25) is 10.0 Å². The Balaban J connectivity index is 0.00000162. The summed E-state index contributed by atoms with van der Waals surface area (Å²) in [5.74, 6) is 0.129. The Hall–Kier alpha value is -0.480. The largest absolute Gasteiger partial charge is 0.340 e. The molecule has 1 aliphatic heterocycles. The SMILES string of the molecule is Cl.O=C(Cc1cc(Cl)cc(Cl)c1)N1CCNCC1. The van der Waals surface area contributed by atoms with Crippen molar-refractivity contribution < 1.29 is 4.79 Å². The first-order valence-corrected chi connectivity index (χ1v) is 6.34. The van der Waals surface area contributed by atoms with Gasteiger partial charge in [0, 0.05) is 36.2 Å². The van der Waals surface area contributed by atoms with Gasteiger partial charge >= 0.3 is 0 Å². The number of rotatable bonds is 2. The Bertz CT molecular complexity index is 400. The first kappa shape index (κ1) is 15.6. The molecule has 1 N–H and O–H groups in total. The van der Waals surface area contributed by atoms with Crippen molar-refractivity contribution >= 4 is 41.5 Å². The van der Waals surface area contributed by atoms with Gasteiger partial charge in [-0.15, -0.1) is 12.4 Å². The van der Waals surface area contributed by atoms with Crippen LogP contribution < -0.4 is 5.32 Å². The third-order valence-corrected chi connectivity index (χ3v) is 3.18. The van der Waals surface area contributed by atoms with Crippen LogP contribution in [-0.4, -0.2) is 37.0 Å². The summed E-state index contributed by atoms with van der Waals surface area (Å²) in [5.41, 5.74) is 0.867. The molecule has 3 nitrogen and oxygen atoms in total. The summed E-state index contributed by atoms with van der Waals surface area (Å²) in [5, 5.41) is 4.36. The number of benzene rings is 1. The monoisotopic (exact) mass is 308 g/mol. The number of piperazine rings is 1. The van der Waals surface area contributed by atoms with Crippen LogP contribution in [0.3, 0.4) is 0 Å². The normalized spacial score (nSPS) is 15.1. The third kappa shape index (κ3) is 4.32. The first-order chi connectivity index (χ1) is 8.15. The Labute approximate surface area is 123 Å². The number of nitrogens with zero attached hydrogens (tertiary/aromatic N) is 1. The second kappa shape index (κ2) is 7.19. The van der Waals surface area contributed by atoms with Crippen LogP contribution in [0.25, 0.3) is 0 Å². The Morgan fingerprint density at radius 2 is 1.72 bits per heavy atom. The lowest BCUT2D eigenvalue weighted by Crippen LogP contribution is -2.46. The maximum absolute atomic E-state index is 12.0. The van der Waals surface area contributed by atoms with Crippen LogP contribution >= 0.6 is 35.6 Å². The number of carbonyl (C=O) groups excluding carboxylic acids is 1. The van der Waals surface area contributed by atoms with Crippen LogP contribution in [0, 0.1) is 0 Å². The van der Waals surface area contributed by atoms with Gasteiger partial charge in [0.15, 0.2) is 0 Å². The van der Waals surface area contributed by atoms with Crippen LogP contribution in [0.1, 0.15) is 5.56 Å². The zero-order valence-electron chi connectivity index (χ0n) is 9.79. The lowest BCUT2D eigenvalue weighted by Gasteiger charge is -2.27.